The number of hydrogen-bond acceptors (Lipinski definition) is 2. The zero-order chi connectivity index (χ0) is 13.3. The van der Waals surface area contributed by atoms with Crippen molar-refractivity contribution in [3.05, 3.63) is 11.1 Å². The molecule has 18 heavy (non-hydrogen) atoms. The zero-order valence-electron chi connectivity index (χ0n) is 11.9. The second kappa shape index (κ2) is 5.20. The molecule has 0 aromatic carbocycles. The summed E-state index contributed by atoms with van der Waals surface area (Å²) in [5, 5.41) is 8.94. The second-order valence-electron chi connectivity index (χ2n) is 6.51. The summed E-state index contributed by atoms with van der Waals surface area (Å²) in [6.45, 7) is 8.80. The molecule has 1 aromatic heterocycles. The van der Waals surface area contributed by atoms with Crippen LogP contribution in [0, 0.1) is 5.92 Å². The van der Waals surface area contributed by atoms with Crippen molar-refractivity contribution in [2.75, 3.05) is 0 Å². The first-order valence-corrected chi connectivity index (χ1v) is 7.42. The fourth-order valence-corrected chi connectivity index (χ4v) is 3.23. The summed E-state index contributed by atoms with van der Waals surface area (Å²) in [4.78, 5) is 0. The highest BCUT2D eigenvalue weighted by molar-refractivity contribution is 6.28. The minimum Gasteiger partial charge on any atom is -0.298 e. The van der Waals surface area contributed by atoms with Crippen molar-refractivity contribution in [1.82, 2.24) is 14.8 Å². The summed E-state index contributed by atoms with van der Waals surface area (Å²) in [5.41, 5.74) is -0.000696. The summed E-state index contributed by atoms with van der Waals surface area (Å²) >= 11 is 6.26. The Morgan fingerprint density at radius 2 is 2.00 bits per heavy atom. The molecule has 0 saturated heterocycles. The largest absolute Gasteiger partial charge is 0.298 e. The molecule has 0 amide bonds. The summed E-state index contributed by atoms with van der Waals surface area (Å²) in [6.07, 6.45) is 6.34. The van der Waals surface area contributed by atoms with Gasteiger partial charge in [-0.1, -0.05) is 47.0 Å². The lowest BCUT2D eigenvalue weighted by atomic mass is 9.83. The van der Waals surface area contributed by atoms with E-state index in [-0.39, 0.29) is 5.41 Å². The predicted octanol–water partition coefficient (Wildman–Crippen LogP) is 4.37. The maximum atomic E-state index is 6.26. The van der Waals surface area contributed by atoms with E-state index in [0.29, 0.717) is 11.3 Å². The van der Waals surface area contributed by atoms with E-state index in [1.54, 1.807) is 0 Å². The minimum absolute atomic E-state index is 0.000696. The SMILES string of the molecule is CCC1CCCC(n2c(Cl)nnc2C(C)(C)C)C1. The van der Waals surface area contributed by atoms with Crippen LogP contribution in [0.4, 0.5) is 0 Å². The third kappa shape index (κ3) is 2.71. The normalized spacial score (nSPS) is 25.4. The molecule has 4 heteroatoms. The van der Waals surface area contributed by atoms with Gasteiger partial charge in [0.15, 0.2) is 0 Å². The van der Waals surface area contributed by atoms with Gasteiger partial charge in [0.1, 0.15) is 5.82 Å². The minimum atomic E-state index is -0.000696. The number of rotatable bonds is 2. The smallest absolute Gasteiger partial charge is 0.225 e. The molecular formula is C14H24ClN3. The molecule has 0 N–H and O–H groups in total. The van der Waals surface area contributed by atoms with Gasteiger partial charge in [-0.3, -0.25) is 4.57 Å². The molecule has 1 aromatic rings. The average Bonchev–Trinajstić information content (AvgIpc) is 2.71. The Hall–Kier alpha value is -0.570. The Morgan fingerprint density at radius 3 is 2.61 bits per heavy atom. The fourth-order valence-electron chi connectivity index (χ4n) is 2.98. The van der Waals surface area contributed by atoms with E-state index in [2.05, 4.69) is 42.5 Å². The number of nitrogens with zero attached hydrogens (tertiary/aromatic N) is 3. The topological polar surface area (TPSA) is 30.7 Å². The van der Waals surface area contributed by atoms with Crippen LogP contribution >= 0.6 is 11.6 Å². The molecule has 0 bridgehead atoms. The van der Waals surface area contributed by atoms with Gasteiger partial charge in [-0.25, -0.2) is 0 Å². The van der Waals surface area contributed by atoms with E-state index < -0.39 is 0 Å². The van der Waals surface area contributed by atoms with Crippen LogP contribution in [0.25, 0.3) is 0 Å². The summed E-state index contributed by atoms with van der Waals surface area (Å²) in [6, 6.07) is 0.487. The van der Waals surface area contributed by atoms with Gasteiger partial charge < -0.3 is 0 Å². The summed E-state index contributed by atoms with van der Waals surface area (Å²) in [7, 11) is 0. The van der Waals surface area contributed by atoms with Crippen molar-refractivity contribution in [3.63, 3.8) is 0 Å². The fraction of sp³-hybridized carbons (Fsp3) is 0.857. The number of aromatic nitrogens is 3. The van der Waals surface area contributed by atoms with Crippen LogP contribution in [0.5, 0.6) is 0 Å². The van der Waals surface area contributed by atoms with Crippen molar-refractivity contribution in [2.45, 2.75) is 71.3 Å². The highest BCUT2D eigenvalue weighted by Crippen LogP contribution is 2.38. The van der Waals surface area contributed by atoms with E-state index in [0.717, 1.165) is 11.7 Å². The van der Waals surface area contributed by atoms with Crippen molar-refractivity contribution in [3.8, 4) is 0 Å². The predicted molar refractivity (Wildman–Crippen MR) is 75.0 cm³/mol. The molecule has 3 nitrogen and oxygen atoms in total. The molecule has 2 atom stereocenters. The van der Waals surface area contributed by atoms with Crippen LogP contribution in [0.3, 0.4) is 0 Å². The van der Waals surface area contributed by atoms with Crippen LogP contribution in [0.15, 0.2) is 0 Å². The Morgan fingerprint density at radius 1 is 1.28 bits per heavy atom. The second-order valence-corrected chi connectivity index (χ2v) is 6.85. The van der Waals surface area contributed by atoms with E-state index in [4.69, 9.17) is 11.6 Å². The van der Waals surface area contributed by atoms with Crippen LogP contribution < -0.4 is 0 Å². The van der Waals surface area contributed by atoms with Crippen molar-refractivity contribution in [1.29, 1.82) is 0 Å². The van der Waals surface area contributed by atoms with Crippen LogP contribution in [-0.2, 0) is 5.41 Å². The Balaban J connectivity index is 2.29. The lowest BCUT2D eigenvalue weighted by Crippen LogP contribution is -2.25. The van der Waals surface area contributed by atoms with Gasteiger partial charge in [-0.15, -0.1) is 10.2 Å². The highest BCUT2D eigenvalue weighted by Gasteiger charge is 2.30. The molecule has 1 saturated carbocycles. The molecule has 1 aliphatic carbocycles. The van der Waals surface area contributed by atoms with Gasteiger partial charge >= 0.3 is 0 Å². The molecule has 2 unspecified atom stereocenters. The first kappa shape index (κ1) is 13.9. The molecule has 0 radical (unpaired) electrons. The van der Waals surface area contributed by atoms with E-state index in [9.17, 15) is 0 Å². The monoisotopic (exact) mass is 269 g/mol. The van der Waals surface area contributed by atoms with Gasteiger partial charge in [0, 0.05) is 11.5 Å². The van der Waals surface area contributed by atoms with Gasteiger partial charge in [0.05, 0.1) is 0 Å². The lowest BCUT2D eigenvalue weighted by Gasteiger charge is -2.32. The molecular weight excluding hydrogens is 246 g/mol. The average molecular weight is 270 g/mol. The molecule has 1 fully saturated rings. The van der Waals surface area contributed by atoms with Gasteiger partial charge in [0.2, 0.25) is 5.28 Å². The third-order valence-electron chi connectivity index (χ3n) is 4.02. The van der Waals surface area contributed by atoms with Gasteiger partial charge in [-0.05, 0) is 30.4 Å². The molecule has 0 spiro atoms. The number of hydrogen-bond donors (Lipinski definition) is 0. The molecule has 102 valence electrons. The summed E-state index contributed by atoms with van der Waals surface area (Å²) in [5.74, 6) is 1.85. The Kier molecular flexibility index (Phi) is 4.00. The van der Waals surface area contributed by atoms with Crippen molar-refractivity contribution >= 4 is 11.6 Å². The van der Waals surface area contributed by atoms with Crippen LogP contribution in [-0.4, -0.2) is 14.8 Å². The highest BCUT2D eigenvalue weighted by atomic mass is 35.5. The third-order valence-corrected chi connectivity index (χ3v) is 4.28. The molecule has 1 aliphatic rings. The quantitative estimate of drug-likeness (QED) is 0.798. The zero-order valence-corrected chi connectivity index (χ0v) is 12.7. The van der Waals surface area contributed by atoms with Crippen molar-refractivity contribution in [2.24, 2.45) is 5.92 Å². The van der Waals surface area contributed by atoms with Crippen LogP contribution in [0.1, 0.15) is 71.7 Å². The van der Waals surface area contributed by atoms with E-state index in [1.165, 1.54) is 32.1 Å². The number of halogens is 1. The Labute approximate surface area is 115 Å². The molecule has 1 heterocycles. The van der Waals surface area contributed by atoms with Crippen molar-refractivity contribution < 1.29 is 0 Å². The first-order valence-electron chi connectivity index (χ1n) is 7.04. The van der Waals surface area contributed by atoms with E-state index in [1.807, 2.05) is 0 Å². The van der Waals surface area contributed by atoms with E-state index >= 15 is 0 Å². The van der Waals surface area contributed by atoms with Gasteiger partial charge in [-0.2, -0.15) is 0 Å². The Bertz CT molecular complexity index is 406. The van der Waals surface area contributed by atoms with Crippen LogP contribution in [0.2, 0.25) is 5.28 Å². The summed E-state index contributed by atoms with van der Waals surface area (Å²) < 4.78 is 2.18. The molecule has 0 aliphatic heterocycles. The standard InChI is InChI=1S/C14H24ClN3/c1-5-10-7-6-8-11(9-10)18-12(14(2,3)4)16-17-13(18)15/h10-11H,5-9H2,1-4H3. The maximum absolute atomic E-state index is 6.26. The maximum Gasteiger partial charge on any atom is 0.225 e. The van der Waals surface area contributed by atoms with Gasteiger partial charge in [0.25, 0.3) is 0 Å². The lowest BCUT2D eigenvalue weighted by molar-refractivity contribution is 0.251. The first-order chi connectivity index (χ1) is 8.43. The molecule has 2 rings (SSSR count).